The summed E-state index contributed by atoms with van der Waals surface area (Å²) in [6.07, 6.45) is 0.922. The van der Waals surface area contributed by atoms with Gasteiger partial charge in [0.05, 0.1) is 11.3 Å². The third kappa shape index (κ3) is 5.72. The van der Waals surface area contributed by atoms with Gasteiger partial charge in [0.1, 0.15) is 0 Å². The maximum Gasteiger partial charge on any atom is 0.338 e. The molecule has 1 aliphatic rings. The molecule has 0 spiro atoms. The van der Waals surface area contributed by atoms with E-state index in [1.165, 1.54) is 0 Å². The van der Waals surface area contributed by atoms with Gasteiger partial charge in [-0.3, -0.25) is 14.6 Å². The van der Waals surface area contributed by atoms with Gasteiger partial charge in [-0.05, 0) is 63.2 Å². The van der Waals surface area contributed by atoms with E-state index >= 15 is 0 Å². The number of rotatable bonds is 8. The van der Waals surface area contributed by atoms with Crippen LogP contribution in [0.25, 0.3) is 0 Å². The van der Waals surface area contributed by atoms with Crippen molar-refractivity contribution in [3.63, 3.8) is 0 Å². The summed E-state index contributed by atoms with van der Waals surface area (Å²) < 4.78 is 5.13. The fourth-order valence-corrected chi connectivity index (χ4v) is 3.37. The van der Waals surface area contributed by atoms with Gasteiger partial charge in [-0.15, -0.1) is 0 Å². The van der Waals surface area contributed by atoms with Gasteiger partial charge in [0.2, 0.25) is 0 Å². The number of hydrogen-bond acceptors (Lipinski definition) is 6. The summed E-state index contributed by atoms with van der Waals surface area (Å²) >= 11 is 0. The molecule has 8 heteroatoms. The number of benzene rings is 2. The Morgan fingerprint density at radius 3 is 2.41 bits per heavy atom. The topological polar surface area (TPSA) is 91.3 Å². The van der Waals surface area contributed by atoms with Crippen molar-refractivity contribution in [3.8, 4) is 0 Å². The van der Waals surface area contributed by atoms with Crippen molar-refractivity contribution in [2.24, 2.45) is 5.10 Å². The van der Waals surface area contributed by atoms with Crippen LogP contribution >= 0.6 is 0 Å². The highest BCUT2D eigenvalue weighted by atomic mass is 16.5. The van der Waals surface area contributed by atoms with E-state index in [0.717, 1.165) is 24.4 Å². The van der Waals surface area contributed by atoms with Crippen molar-refractivity contribution in [3.05, 3.63) is 59.7 Å². The van der Waals surface area contributed by atoms with Crippen LogP contribution in [0.3, 0.4) is 0 Å². The van der Waals surface area contributed by atoms with Crippen LogP contribution < -0.4 is 10.3 Å². The Balaban J connectivity index is 1.53. The molecule has 0 unspecified atom stereocenters. The maximum absolute atomic E-state index is 12.5. The fourth-order valence-electron chi connectivity index (χ4n) is 3.37. The van der Waals surface area contributed by atoms with Crippen LogP contribution in [0.5, 0.6) is 0 Å². The largest absolute Gasteiger partial charge is 0.452 e. The number of anilines is 2. The molecule has 168 valence electrons. The molecule has 0 fully saturated rings. The van der Waals surface area contributed by atoms with Crippen molar-refractivity contribution in [2.75, 3.05) is 36.6 Å². The van der Waals surface area contributed by atoms with Gasteiger partial charge in [0.15, 0.2) is 6.61 Å². The zero-order valence-electron chi connectivity index (χ0n) is 18.6. The van der Waals surface area contributed by atoms with E-state index in [2.05, 4.69) is 10.4 Å². The molecule has 0 radical (unpaired) electrons. The first-order chi connectivity index (χ1) is 15.4. The standard InChI is InChI=1S/C24H28N4O4/c1-4-27(5-2)23(30)19-7-6-8-20(15-19)25-22(29)16-32-24(31)18-9-11-21(12-10-18)28-14-13-17(3)26-28/h6-12,15H,4-5,13-14,16H2,1-3H3,(H,25,29). The van der Waals surface area contributed by atoms with Crippen LogP contribution in [-0.4, -0.2) is 54.6 Å². The lowest BCUT2D eigenvalue weighted by Gasteiger charge is -2.19. The molecule has 1 aliphatic heterocycles. The molecule has 2 amide bonds. The molecule has 32 heavy (non-hydrogen) atoms. The number of nitrogens with zero attached hydrogens (tertiary/aromatic N) is 3. The van der Waals surface area contributed by atoms with E-state index in [1.807, 2.05) is 25.8 Å². The van der Waals surface area contributed by atoms with Crippen molar-refractivity contribution in [1.29, 1.82) is 0 Å². The summed E-state index contributed by atoms with van der Waals surface area (Å²) in [5.74, 6) is -1.17. The second kappa shape index (κ2) is 10.6. The lowest BCUT2D eigenvalue weighted by atomic mass is 10.1. The predicted octanol–water partition coefficient (Wildman–Crippen LogP) is 3.55. The average molecular weight is 437 g/mol. The minimum Gasteiger partial charge on any atom is -0.452 e. The number of amides is 2. The lowest BCUT2D eigenvalue weighted by Crippen LogP contribution is -2.30. The van der Waals surface area contributed by atoms with Crippen LogP contribution in [-0.2, 0) is 9.53 Å². The molecule has 2 aromatic rings. The monoisotopic (exact) mass is 436 g/mol. The Labute approximate surface area is 187 Å². The molecular weight excluding hydrogens is 408 g/mol. The molecule has 0 saturated heterocycles. The predicted molar refractivity (Wildman–Crippen MR) is 124 cm³/mol. The zero-order chi connectivity index (χ0) is 23.1. The highest BCUT2D eigenvalue weighted by Crippen LogP contribution is 2.20. The summed E-state index contributed by atoms with van der Waals surface area (Å²) in [5, 5.41) is 8.97. The van der Waals surface area contributed by atoms with Crippen molar-refractivity contribution in [2.45, 2.75) is 27.2 Å². The molecule has 1 heterocycles. The summed E-state index contributed by atoms with van der Waals surface area (Å²) in [4.78, 5) is 38.7. The van der Waals surface area contributed by atoms with E-state index < -0.39 is 18.5 Å². The van der Waals surface area contributed by atoms with Gasteiger partial charge in [-0.25, -0.2) is 4.79 Å². The van der Waals surface area contributed by atoms with E-state index in [1.54, 1.807) is 53.4 Å². The summed E-state index contributed by atoms with van der Waals surface area (Å²) in [6.45, 7) is 7.41. The average Bonchev–Trinajstić information content (AvgIpc) is 3.24. The Hall–Kier alpha value is -3.68. The second-order valence-corrected chi connectivity index (χ2v) is 7.44. The number of carbonyl (C=O) groups is 3. The van der Waals surface area contributed by atoms with Crippen LogP contribution in [0.15, 0.2) is 53.6 Å². The van der Waals surface area contributed by atoms with Crippen molar-refractivity contribution < 1.29 is 19.1 Å². The van der Waals surface area contributed by atoms with E-state index in [4.69, 9.17) is 4.74 Å². The molecule has 8 nitrogen and oxygen atoms in total. The van der Waals surface area contributed by atoms with Crippen LogP contribution in [0.4, 0.5) is 11.4 Å². The minimum atomic E-state index is -0.585. The van der Waals surface area contributed by atoms with Gasteiger partial charge >= 0.3 is 5.97 Å². The Morgan fingerprint density at radius 2 is 1.78 bits per heavy atom. The first-order valence-corrected chi connectivity index (χ1v) is 10.7. The lowest BCUT2D eigenvalue weighted by molar-refractivity contribution is -0.119. The van der Waals surface area contributed by atoms with Gasteiger partial charge in [-0.1, -0.05) is 6.07 Å². The molecular formula is C24H28N4O4. The van der Waals surface area contributed by atoms with Crippen LogP contribution in [0, 0.1) is 0 Å². The van der Waals surface area contributed by atoms with Gasteiger partial charge in [0, 0.05) is 43.0 Å². The Kier molecular flexibility index (Phi) is 7.59. The summed E-state index contributed by atoms with van der Waals surface area (Å²) in [5.41, 5.74) is 3.28. The Morgan fingerprint density at radius 1 is 1.06 bits per heavy atom. The molecule has 0 bridgehead atoms. The maximum atomic E-state index is 12.5. The molecule has 0 aliphatic carbocycles. The molecule has 0 aromatic heterocycles. The van der Waals surface area contributed by atoms with Crippen molar-refractivity contribution in [1.82, 2.24) is 4.90 Å². The molecule has 1 N–H and O–H groups in total. The number of esters is 1. The summed E-state index contributed by atoms with van der Waals surface area (Å²) in [7, 11) is 0. The van der Waals surface area contributed by atoms with Gasteiger partial charge in [-0.2, -0.15) is 5.10 Å². The zero-order valence-corrected chi connectivity index (χ0v) is 18.6. The number of hydrazone groups is 1. The van der Waals surface area contributed by atoms with Crippen LogP contribution in [0.2, 0.25) is 0 Å². The van der Waals surface area contributed by atoms with E-state index in [-0.39, 0.29) is 5.91 Å². The number of hydrogen-bond donors (Lipinski definition) is 1. The van der Waals surface area contributed by atoms with Gasteiger partial charge in [0.25, 0.3) is 11.8 Å². The molecule has 2 aromatic carbocycles. The smallest absolute Gasteiger partial charge is 0.338 e. The number of ether oxygens (including phenoxy) is 1. The second-order valence-electron chi connectivity index (χ2n) is 7.44. The molecule has 0 atom stereocenters. The third-order valence-electron chi connectivity index (χ3n) is 5.16. The molecule has 3 rings (SSSR count). The SMILES string of the molecule is CCN(CC)C(=O)c1cccc(NC(=O)COC(=O)c2ccc(N3CCC(C)=N3)cc2)c1. The normalized spacial score (nSPS) is 12.8. The Bertz CT molecular complexity index is 1010. The molecule has 0 saturated carbocycles. The fraction of sp³-hybridized carbons (Fsp3) is 0.333. The number of nitrogens with one attached hydrogen (secondary N) is 1. The quantitative estimate of drug-likeness (QED) is 0.639. The number of carbonyl (C=O) groups excluding carboxylic acids is 3. The van der Waals surface area contributed by atoms with Crippen LogP contribution in [0.1, 0.15) is 47.9 Å². The van der Waals surface area contributed by atoms with Gasteiger partial charge < -0.3 is 15.0 Å². The van der Waals surface area contributed by atoms with E-state index in [9.17, 15) is 14.4 Å². The van der Waals surface area contributed by atoms with E-state index in [0.29, 0.717) is 29.9 Å². The van der Waals surface area contributed by atoms with Crippen molar-refractivity contribution >= 4 is 34.9 Å². The highest BCUT2D eigenvalue weighted by molar-refractivity contribution is 5.98. The highest BCUT2D eigenvalue weighted by Gasteiger charge is 2.16. The first-order valence-electron chi connectivity index (χ1n) is 10.7. The third-order valence-corrected chi connectivity index (χ3v) is 5.16. The first kappa shape index (κ1) is 23.0. The summed E-state index contributed by atoms with van der Waals surface area (Å²) in [6, 6.07) is 13.6. The minimum absolute atomic E-state index is 0.101.